The average Bonchev–Trinajstić information content (AvgIpc) is 2.35. The van der Waals surface area contributed by atoms with Gasteiger partial charge in [0.15, 0.2) is 0 Å². The molecule has 0 aromatic rings. The van der Waals surface area contributed by atoms with E-state index in [4.69, 9.17) is 0 Å². The molecule has 0 saturated heterocycles. The van der Waals surface area contributed by atoms with Crippen LogP contribution in [0, 0.1) is 0 Å². The zero-order valence-electron chi connectivity index (χ0n) is 12.0. The molecular weight excluding hydrogens is 208 g/mol. The van der Waals surface area contributed by atoms with Gasteiger partial charge in [0.25, 0.3) is 0 Å². The van der Waals surface area contributed by atoms with Gasteiger partial charge >= 0.3 is 0 Å². The Morgan fingerprint density at radius 1 is 0.824 bits per heavy atom. The van der Waals surface area contributed by atoms with Crippen LogP contribution in [0.4, 0.5) is 0 Å². The third-order valence-corrected chi connectivity index (χ3v) is 3.27. The van der Waals surface area contributed by atoms with E-state index in [9.17, 15) is 5.11 Å². The Morgan fingerprint density at radius 3 is 1.94 bits per heavy atom. The van der Waals surface area contributed by atoms with Crippen molar-refractivity contribution >= 4 is 0 Å². The largest absolute Gasteiger partial charge is 0.393 e. The summed E-state index contributed by atoms with van der Waals surface area (Å²) in [6, 6.07) is 0. The first kappa shape index (κ1) is 16.7. The lowest BCUT2D eigenvalue weighted by Gasteiger charge is -2.05. The van der Waals surface area contributed by atoms with E-state index in [1.807, 2.05) is 6.92 Å². The smallest absolute Gasteiger partial charge is 0.0537 e. The van der Waals surface area contributed by atoms with E-state index in [2.05, 4.69) is 19.1 Å². The number of hydrogen-bond donors (Lipinski definition) is 1. The summed E-state index contributed by atoms with van der Waals surface area (Å²) in [5.41, 5.74) is 0. The summed E-state index contributed by atoms with van der Waals surface area (Å²) in [6.45, 7) is 4.30. The minimum atomic E-state index is -0.0656. The van der Waals surface area contributed by atoms with Gasteiger partial charge < -0.3 is 5.11 Å². The highest BCUT2D eigenvalue weighted by atomic mass is 16.3. The van der Waals surface area contributed by atoms with Crippen LogP contribution in [0.25, 0.3) is 0 Å². The fourth-order valence-corrected chi connectivity index (χ4v) is 1.95. The second-order valence-corrected chi connectivity index (χ2v) is 5.02. The quantitative estimate of drug-likeness (QED) is 0.365. The molecule has 0 radical (unpaired) electrons. The van der Waals surface area contributed by atoms with E-state index < -0.39 is 0 Å². The molecule has 1 heteroatoms. The van der Waals surface area contributed by atoms with Gasteiger partial charge in [-0.3, -0.25) is 0 Å². The molecule has 17 heavy (non-hydrogen) atoms. The topological polar surface area (TPSA) is 20.2 Å². The van der Waals surface area contributed by atoms with Gasteiger partial charge in [0.05, 0.1) is 6.10 Å². The highest BCUT2D eigenvalue weighted by molar-refractivity contribution is 4.81. The van der Waals surface area contributed by atoms with Gasteiger partial charge in [-0.2, -0.15) is 0 Å². The van der Waals surface area contributed by atoms with Crippen molar-refractivity contribution in [1.29, 1.82) is 0 Å². The van der Waals surface area contributed by atoms with Gasteiger partial charge in [0.2, 0.25) is 0 Å². The zero-order valence-corrected chi connectivity index (χ0v) is 12.0. The summed E-state index contributed by atoms with van der Waals surface area (Å²) in [7, 11) is 0. The second-order valence-electron chi connectivity index (χ2n) is 5.02. The predicted molar refractivity (Wildman–Crippen MR) is 77.3 cm³/mol. The third-order valence-electron chi connectivity index (χ3n) is 3.27. The molecule has 102 valence electrons. The Bertz CT molecular complexity index is 163. The normalized spacial score (nSPS) is 13.4. The molecule has 0 aliphatic rings. The maximum atomic E-state index is 9.39. The minimum absolute atomic E-state index is 0.0656. The molecule has 0 spiro atoms. The SMILES string of the molecule is CCCCCCC=CCCCCCC(O)CC. The fraction of sp³-hybridized carbons (Fsp3) is 0.875. The standard InChI is InChI=1S/C16H32O/c1-3-5-6-7-8-9-10-11-12-13-14-15-16(17)4-2/h9-10,16-17H,3-8,11-15H2,1-2H3. The van der Waals surface area contributed by atoms with Crippen molar-refractivity contribution in [3.63, 3.8) is 0 Å². The summed E-state index contributed by atoms with van der Waals surface area (Å²) >= 11 is 0. The molecule has 0 amide bonds. The number of allylic oxidation sites excluding steroid dienone is 2. The van der Waals surface area contributed by atoms with Crippen molar-refractivity contribution in [1.82, 2.24) is 0 Å². The van der Waals surface area contributed by atoms with E-state index in [0.717, 1.165) is 12.8 Å². The summed E-state index contributed by atoms with van der Waals surface area (Å²) in [5.74, 6) is 0. The van der Waals surface area contributed by atoms with Crippen LogP contribution < -0.4 is 0 Å². The van der Waals surface area contributed by atoms with Crippen molar-refractivity contribution in [3.8, 4) is 0 Å². The molecule has 0 rings (SSSR count). The molecule has 0 saturated carbocycles. The van der Waals surface area contributed by atoms with E-state index >= 15 is 0 Å². The maximum absolute atomic E-state index is 9.39. The third kappa shape index (κ3) is 13.6. The molecule has 0 aliphatic carbocycles. The van der Waals surface area contributed by atoms with Gasteiger partial charge in [-0.25, -0.2) is 0 Å². The van der Waals surface area contributed by atoms with Crippen molar-refractivity contribution in [3.05, 3.63) is 12.2 Å². The zero-order chi connectivity index (χ0) is 12.8. The highest BCUT2D eigenvalue weighted by Gasteiger charge is 1.98. The van der Waals surface area contributed by atoms with Crippen LogP contribution in [0.1, 0.15) is 84.5 Å². The Kier molecular flexibility index (Phi) is 13.5. The first-order valence-electron chi connectivity index (χ1n) is 7.64. The maximum Gasteiger partial charge on any atom is 0.0537 e. The lowest BCUT2D eigenvalue weighted by atomic mass is 10.1. The van der Waals surface area contributed by atoms with Crippen molar-refractivity contribution in [2.24, 2.45) is 0 Å². The van der Waals surface area contributed by atoms with Crippen LogP contribution in [0.3, 0.4) is 0 Å². The molecule has 1 N–H and O–H groups in total. The summed E-state index contributed by atoms with van der Waals surface area (Å²) in [4.78, 5) is 0. The average molecular weight is 240 g/mol. The Hall–Kier alpha value is -0.300. The van der Waals surface area contributed by atoms with Gasteiger partial charge in [0.1, 0.15) is 0 Å². The van der Waals surface area contributed by atoms with Crippen molar-refractivity contribution < 1.29 is 5.11 Å². The molecule has 0 bridgehead atoms. The first-order chi connectivity index (χ1) is 8.31. The molecule has 1 nitrogen and oxygen atoms in total. The number of aliphatic hydroxyl groups is 1. The monoisotopic (exact) mass is 240 g/mol. The molecule has 0 aromatic heterocycles. The molecule has 1 atom stereocenters. The van der Waals surface area contributed by atoms with Crippen LogP contribution in [0.15, 0.2) is 12.2 Å². The molecular formula is C16H32O. The second kappa shape index (κ2) is 13.8. The summed E-state index contributed by atoms with van der Waals surface area (Å²) < 4.78 is 0. The highest BCUT2D eigenvalue weighted by Crippen LogP contribution is 2.09. The van der Waals surface area contributed by atoms with E-state index in [-0.39, 0.29) is 6.10 Å². The number of unbranched alkanes of at least 4 members (excludes halogenated alkanes) is 7. The van der Waals surface area contributed by atoms with Crippen LogP contribution in [-0.4, -0.2) is 11.2 Å². The van der Waals surface area contributed by atoms with Crippen LogP contribution in [0.2, 0.25) is 0 Å². The fourth-order valence-electron chi connectivity index (χ4n) is 1.95. The number of hydrogen-bond acceptors (Lipinski definition) is 1. The number of aliphatic hydroxyl groups excluding tert-OH is 1. The Labute approximate surface area is 108 Å². The van der Waals surface area contributed by atoms with Crippen molar-refractivity contribution in [2.75, 3.05) is 0 Å². The van der Waals surface area contributed by atoms with Crippen molar-refractivity contribution in [2.45, 2.75) is 90.6 Å². The molecule has 0 fully saturated rings. The van der Waals surface area contributed by atoms with Gasteiger partial charge in [-0.05, 0) is 38.5 Å². The predicted octanol–water partition coefficient (Wildman–Crippen LogP) is 5.23. The van der Waals surface area contributed by atoms with Crippen LogP contribution in [0.5, 0.6) is 0 Å². The van der Waals surface area contributed by atoms with E-state index in [1.165, 1.54) is 57.8 Å². The van der Waals surface area contributed by atoms with Gasteiger partial charge in [-0.1, -0.05) is 58.1 Å². The molecule has 0 heterocycles. The van der Waals surface area contributed by atoms with Crippen LogP contribution in [-0.2, 0) is 0 Å². The molecule has 0 aromatic carbocycles. The molecule has 1 unspecified atom stereocenters. The van der Waals surface area contributed by atoms with E-state index in [0.29, 0.717) is 0 Å². The number of rotatable bonds is 12. The van der Waals surface area contributed by atoms with E-state index in [1.54, 1.807) is 0 Å². The molecule has 0 aliphatic heterocycles. The summed E-state index contributed by atoms with van der Waals surface area (Å²) in [6.07, 6.45) is 18.1. The minimum Gasteiger partial charge on any atom is -0.393 e. The lowest BCUT2D eigenvalue weighted by molar-refractivity contribution is 0.156. The Balaban J connectivity index is 3.09. The Morgan fingerprint density at radius 2 is 1.41 bits per heavy atom. The first-order valence-corrected chi connectivity index (χ1v) is 7.64. The van der Waals surface area contributed by atoms with Crippen LogP contribution >= 0.6 is 0 Å². The van der Waals surface area contributed by atoms with Gasteiger partial charge in [0, 0.05) is 0 Å². The van der Waals surface area contributed by atoms with Gasteiger partial charge in [-0.15, -0.1) is 0 Å². The summed E-state index contributed by atoms with van der Waals surface area (Å²) in [5, 5.41) is 9.39. The lowest BCUT2D eigenvalue weighted by Crippen LogP contribution is -2.03.